The minimum Gasteiger partial charge on any atom is -0.497 e. The predicted octanol–water partition coefficient (Wildman–Crippen LogP) is 5.21. The van der Waals surface area contributed by atoms with Gasteiger partial charge in [0.1, 0.15) is 5.76 Å². The van der Waals surface area contributed by atoms with E-state index in [2.05, 4.69) is 31.2 Å². The topological polar surface area (TPSA) is 84.6 Å². The lowest BCUT2D eigenvalue weighted by Crippen LogP contribution is -2.17. The second kappa shape index (κ2) is 11.8. The SMILES string of the molecule is CC(CO)COC1=CC=C(CC(=O)Nc2cc(C(C)(C)C)on2)CC1C.CCC. The first-order chi connectivity index (χ1) is 13.6. The van der Waals surface area contributed by atoms with Crippen molar-refractivity contribution in [3.8, 4) is 0 Å². The lowest BCUT2D eigenvalue weighted by atomic mass is 9.92. The summed E-state index contributed by atoms with van der Waals surface area (Å²) in [5.41, 5.74) is 0.906. The van der Waals surface area contributed by atoms with Crippen LogP contribution in [0.3, 0.4) is 0 Å². The highest BCUT2D eigenvalue weighted by Crippen LogP contribution is 2.28. The molecule has 1 aliphatic rings. The van der Waals surface area contributed by atoms with E-state index in [-0.39, 0.29) is 29.8 Å². The molecule has 1 aromatic heterocycles. The van der Waals surface area contributed by atoms with Crippen LogP contribution in [0.25, 0.3) is 0 Å². The van der Waals surface area contributed by atoms with Gasteiger partial charge in [-0.3, -0.25) is 4.79 Å². The highest BCUT2D eigenvalue weighted by atomic mass is 16.5. The monoisotopic (exact) mass is 406 g/mol. The van der Waals surface area contributed by atoms with Gasteiger partial charge in [-0.25, -0.2) is 0 Å². The smallest absolute Gasteiger partial charge is 0.229 e. The predicted molar refractivity (Wildman–Crippen MR) is 117 cm³/mol. The minimum absolute atomic E-state index is 0.108. The second-order valence-corrected chi connectivity index (χ2v) is 8.86. The van der Waals surface area contributed by atoms with E-state index in [1.165, 1.54) is 6.42 Å². The molecule has 1 amide bonds. The summed E-state index contributed by atoms with van der Waals surface area (Å²) in [6.45, 7) is 15.0. The van der Waals surface area contributed by atoms with Crippen LogP contribution < -0.4 is 5.32 Å². The average Bonchev–Trinajstić information content (AvgIpc) is 3.10. The summed E-state index contributed by atoms with van der Waals surface area (Å²) in [5, 5.41) is 15.8. The number of aliphatic hydroxyl groups is 1. The molecule has 1 aromatic rings. The van der Waals surface area contributed by atoms with Gasteiger partial charge in [0.15, 0.2) is 5.82 Å². The fourth-order valence-corrected chi connectivity index (χ4v) is 2.62. The van der Waals surface area contributed by atoms with Crippen LogP contribution in [-0.4, -0.2) is 29.4 Å². The summed E-state index contributed by atoms with van der Waals surface area (Å²) < 4.78 is 11.0. The molecule has 0 fully saturated rings. The summed E-state index contributed by atoms with van der Waals surface area (Å²) in [4.78, 5) is 12.3. The summed E-state index contributed by atoms with van der Waals surface area (Å²) in [5.74, 6) is 2.31. The summed E-state index contributed by atoms with van der Waals surface area (Å²) >= 11 is 0. The number of amides is 1. The van der Waals surface area contributed by atoms with Crippen LogP contribution in [-0.2, 0) is 14.9 Å². The number of aromatic nitrogens is 1. The number of rotatable bonds is 7. The van der Waals surface area contributed by atoms with Crippen LogP contribution in [0.2, 0.25) is 0 Å². The molecule has 0 radical (unpaired) electrons. The van der Waals surface area contributed by atoms with E-state index in [1.807, 2.05) is 39.8 Å². The molecule has 0 bridgehead atoms. The minimum atomic E-state index is -0.147. The van der Waals surface area contributed by atoms with Gasteiger partial charge in [-0.1, -0.05) is 71.7 Å². The lowest BCUT2D eigenvalue weighted by molar-refractivity contribution is -0.115. The van der Waals surface area contributed by atoms with Crippen molar-refractivity contribution in [3.05, 3.63) is 35.3 Å². The maximum absolute atomic E-state index is 12.3. The second-order valence-electron chi connectivity index (χ2n) is 8.86. The Balaban J connectivity index is 0.00000132. The van der Waals surface area contributed by atoms with Crippen LogP contribution in [0.5, 0.6) is 0 Å². The maximum Gasteiger partial charge on any atom is 0.229 e. The van der Waals surface area contributed by atoms with Crippen LogP contribution >= 0.6 is 0 Å². The summed E-state index contributed by atoms with van der Waals surface area (Å²) in [7, 11) is 0. The number of allylic oxidation sites excluding steroid dienone is 3. The maximum atomic E-state index is 12.3. The van der Waals surface area contributed by atoms with E-state index in [1.54, 1.807) is 6.07 Å². The van der Waals surface area contributed by atoms with E-state index in [4.69, 9.17) is 14.4 Å². The van der Waals surface area contributed by atoms with Gasteiger partial charge >= 0.3 is 0 Å². The Morgan fingerprint density at radius 2 is 2.03 bits per heavy atom. The molecular formula is C23H38N2O4. The Hall–Kier alpha value is -2.08. The lowest BCUT2D eigenvalue weighted by Gasteiger charge is -2.23. The Kier molecular flexibility index (Phi) is 10.2. The normalized spacial score (nSPS) is 17.4. The molecule has 2 rings (SSSR count). The van der Waals surface area contributed by atoms with Gasteiger partial charge < -0.3 is 19.7 Å². The molecule has 6 heteroatoms. The van der Waals surface area contributed by atoms with Crippen molar-refractivity contribution in [2.75, 3.05) is 18.5 Å². The summed E-state index contributed by atoms with van der Waals surface area (Å²) in [6, 6.07) is 1.77. The largest absolute Gasteiger partial charge is 0.497 e. The van der Waals surface area contributed by atoms with Crippen LogP contribution in [0, 0.1) is 11.8 Å². The van der Waals surface area contributed by atoms with Gasteiger partial charge in [0.05, 0.1) is 12.4 Å². The molecule has 0 aromatic carbocycles. The van der Waals surface area contributed by atoms with E-state index >= 15 is 0 Å². The number of carbonyl (C=O) groups excluding carboxylic acids is 1. The number of hydrogen-bond acceptors (Lipinski definition) is 5. The number of anilines is 1. The van der Waals surface area contributed by atoms with Crippen molar-refractivity contribution in [1.29, 1.82) is 0 Å². The van der Waals surface area contributed by atoms with Crippen molar-refractivity contribution in [1.82, 2.24) is 5.16 Å². The fourth-order valence-electron chi connectivity index (χ4n) is 2.62. The summed E-state index contributed by atoms with van der Waals surface area (Å²) in [6.07, 6.45) is 6.22. The first-order valence-corrected chi connectivity index (χ1v) is 10.5. The zero-order valence-electron chi connectivity index (χ0n) is 19.0. The van der Waals surface area contributed by atoms with E-state index < -0.39 is 0 Å². The third-order valence-electron chi connectivity index (χ3n) is 4.29. The number of nitrogens with one attached hydrogen (secondary N) is 1. The molecule has 6 nitrogen and oxygen atoms in total. The Bertz CT molecular complexity index is 698. The zero-order valence-corrected chi connectivity index (χ0v) is 19.0. The van der Waals surface area contributed by atoms with Crippen LogP contribution in [0.1, 0.15) is 73.5 Å². The molecular weight excluding hydrogens is 368 g/mol. The van der Waals surface area contributed by atoms with Crippen molar-refractivity contribution in [2.45, 2.75) is 73.1 Å². The van der Waals surface area contributed by atoms with Gasteiger partial charge in [0.2, 0.25) is 5.91 Å². The Morgan fingerprint density at radius 1 is 1.38 bits per heavy atom. The molecule has 1 heterocycles. The first-order valence-electron chi connectivity index (χ1n) is 10.5. The van der Waals surface area contributed by atoms with E-state index in [9.17, 15) is 4.79 Å². The van der Waals surface area contributed by atoms with Crippen molar-refractivity contribution in [2.24, 2.45) is 11.8 Å². The van der Waals surface area contributed by atoms with Crippen molar-refractivity contribution in [3.63, 3.8) is 0 Å². The van der Waals surface area contributed by atoms with Gasteiger partial charge in [0, 0.05) is 36.3 Å². The number of aliphatic hydroxyl groups excluding tert-OH is 1. The molecule has 164 valence electrons. The van der Waals surface area contributed by atoms with E-state index in [0.29, 0.717) is 18.8 Å². The molecule has 2 N–H and O–H groups in total. The highest BCUT2D eigenvalue weighted by Gasteiger charge is 2.22. The standard InChI is InChI=1S/C20H30N2O4.C3H8/c1-13(11-23)12-25-16-7-6-15(8-14(16)2)9-19(24)21-18-10-17(26-22-18)20(3,4)5;1-3-2/h6-7,10,13-14,23H,8-9,11-12H2,1-5H3,(H,21,22,24);3H2,1-2H3. The number of carbonyl (C=O) groups is 1. The van der Waals surface area contributed by atoms with Gasteiger partial charge in [0.25, 0.3) is 0 Å². The molecule has 1 aliphatic carbocycles. The van der Waals surface area contributed by atoms with Crippen LogP contribution in [0.15, 0.2) is 34.1 Å². The van der Waals surface area contributed by atoms with Crippen molar-refractivity contribution >= 4 is 11.7 Å². The third kappa shape index (κ3) is 8.86. The molecule has 0 spiro atoms. The Morgan fingerprint density at radius 3 is 2.55 bits per heavy atom. The highest BCUT2D eigenvalue weighted by molar-refractivity contribution is 5.91. The zero-order chi connectivity index (χ0) is 22.0. The quantitative estimate of drug-likeness (QED) is 0.649. The number of nitrogens with zero attached hydrogens (tertiary/aromatic N) is 1. The van der Waals surface area contributed by atoms with Gasteiger partial charge in [-0.05, 0) is 12.5 Å². The molecule has 0 saturated carbocycles. The van der Waals surface area contributed by atoms with Gasteiger partial charge in [-0.15, -0.1) is 0 Å². The van der Waals surface area contributed by atoms with Gasteiger partial charge in [-0.2, -0.15) is 0 Å². The van der Waals surface area contributed by atoms with Crippen LogP contribution in [0.4, 0.5) is 5.82 Å². The first kappa shape index (κ1) is 25.0. The van der Waals surface area contributed by atoms with Crippen molar-refractivity contribution < 1.29 is 19.2 Å². The number of hydrogen-bond donors (Lipinski definition) is 2. The molecule has 29 heavy (non-hydrogen) atoms. The molecule has 2 atom stereocenters. The molecule has 0 aliphatic heterocycles. The van der Waals surface area contributed by atoms with E-state index in [0.717, 1.165) is 23.5 Å². The number of ether oxygens (including phenoxy) is 1. The fraction of sp³-hybridized carbons (Fsp3) is 0.652. The third-order valence-corrected chi connectivity index (χ3v) is 4.29. The average molecular weight is 407 g/mol. The Labute approximate surface area is 175 Å². The molecule has 0 saturated heterocycles. The molecule has 2 unspecified atom stereocenters.